The molecule has 11 rings (SSSR count). The molecular weight excluding hydrogens is 753 g/mol. The van der Waals surface area contributed by atoms with E-state index in [4.69, 9.17) is 0 Å². The highest BCUT2D eigenvalue weighted by Gasteiger charge is 2.47. The van der Waals surface area contributed by atoms with Gasteiger partial charge in [-0.2, -0.15) is 0 Å². The van der Waals surface area contributed by atoms with E-state index in [1.165, 1.54) is 53.8 Å². The van der Waals surface area contributed by atoms with Crippen LogP contribution in [0, 0.1) is 0 Å². The molecule has 10 aromatic rings. The van der Waals surface area contributed by atoms with Gasteiger partial charge in [0, 0.05) is 34.1 Å². The molecule has 1 aliphatic heterocycles. The summed E-state index contributed by atoms with van der Waals surface area (Å²) in [6, 6.07) is 94.0. The number of para-hydroxylation sites is 4. The van der Waals surface area contributed by atoms with E-state index in [1.54, 1.807) is 0 Å². The highest BCUT2D eigenvalue weighted by atomic mass is 28.3. The summed E-state index contributed by atoms with van der Waals surface area (Å²) in [6.07, 6.45) is 0. The van der Waals surface area contributed by atoms with Crippen molar-refractivity contribution in [3.05, 3.63) is 255 Å². The Balaban J connectivity index is 1.28. The Morgan fingerprint density at radius 3 is 0.852 bits per heavy atom. The van der Waals surface area contributed by atoms with Crippen molar-refractivity contribution in [1.29, 1.82) is 0 Å². The maximum atomic E-state index is 2.48. The Labute approximate surface area is 358 Å². The predicted molar refractivity (Wildman–Crippen MR) is 261 cm³/mol. The molecule has 0 fully saturated rings. The van der Waals surface area contributed by atoms with Crippen LogP contribution >= 0.6 is 0 Å². The van der Waals surface area contributed by atoms with Crippen molar-refractivity contribution in [2.75, 3.05) is 9.80 Å². The van der Waals surface area contributed by atoms with Gasteiger partial charge in [0.2, 0.25) is 0 Å². The summed E-state index contributed by atoms with van der Waals surface area (Å²) in [5, 5.41) is 7.91. The summed E-state index contributed by atoms with van der Waals surface area (Å²) in [7, 11) is -3.07. The van der Waals surface area contributed by atoms with Gasteiger partial charge in [-0.1, -0.05) is 170 Å². The molecule has 3 heteroatoms. The molecule has 0 saturated heterocycles. The molecule has 2 nitrogen and oxygen atoms in total. The van der Waals surface area contributed by atoms with Crippen LogP contribution in [-0.4, -0.2) is 8.07 Å². The van der Waals surface area contributed by atoms with Crippen molar-refractivity contribution in [2.24, 2.45) is 0 Å². The fourth-order valence-corrected chi connectivity index (χ4v) is 14.8. The van der Waals surface area contributed by atoms with Crippen molar-refractivity contribution in [3.63, 3.8) is 0 Å². The van der Waals surface area contributed by atoms with Gasteiger partial charge in [0.25, 0.3) is 0 Å². The first kappa shape index (κ1) is 36.4. The molecule has 1 aliphatic rings. The first-order valence-electron chi connectivity index (χ1n) is 21.0. The van der Waals surface area contributed by atoms with Gasteiger partial charge < -0.3 is 9.80 Å². The first-order chi connectivity index (χ1) is 30.3. The molecule has 0 radical (unpaired) electrons. The molecule has 0 unspecified atom stereocenters. The maximum Gasteiger partial charge on any atom is 0.180 e. The van der Waals surface area contributed by atoms with Gasteiger partial charge in [-0.15, -0.1) is 0 Å². The Kier molecular flexibility index (Phi) is 9.22. The van der Waals surface area contributed by atoms with Crippen molar-refractivity contribution >= 4 is 73.7 Å². The zero-order valence-electron chi connectivity index (χ0n) is 33.6. The molecule has 0 amide bonds. The number of nitrogens with zero attached hydrogens (tertiary/aromatic N) is 2. The largest absolute Gasteiger partial charge is 0.310 e. The van der Waals surface area contributed by atoms with Gasteiger partial charge in [0.1, 0.15) is 0 Å². The lowest BCUT2D eigenvalue weighted by Gasteiger charge is -2.37. The topological polar surface area (TPSA) is 6.48 Å². The zero-order valence-corrected chi connectivity index (χ0v) is 34.6. The molecule has 0 spiro atoms. The number of fused-ring (bicyclic) bond motifs is 6. The molecule has 1 heterocycles. The van der Waals surface area contributed by atoms with Crippen LogP contribution in [0.1, 0.15) is 0 Å². The summed E-state index contributed by atoms with van der Waals surface area (Å²) in [6.45, 7) is 0. The standard InChI is InChI=1S/C58H42N2Si/c1-7-23-45(24-8-1)59(46-25-9-2-10-26-46)49-35-37-57-55(41-49)53-39-43-21-19-20-22-44(43)40-54(53)56-42-50(60(47-27-11-3-12-28-47)48-29-13-4-14-30-48)36-38-58(56)61(57,51-31-15-5-16-32-51)52-33-17-6-18-34-52/h1-42H. The van der Waals surface area contributed by atoms with Gasteiger partial charge in [-0.25, -0.2) is 0 Å². The van der Waals surface area contributed by atoms with E-state index in [2.05, 4.69) is 265 Å². The van der Waals surface area contributed by atoms with Crippen LogP contribution in [0.4, 0.5) is 34.1 Å². The van der Waals surface area contributed by atoms with Gasteiger partial charge in [-0.3, -0.25) is 0 Å². The average Bonchev–Trinajstić information content (AvgIpc) is 3.43. The lowest BCUT2D eigenvalue weighted by Crippen LogP contribution is -2.75. The summed E-state index contributed by atoms with van der Waals surface area (Å²) >= 11 is 0. The van der Waals surface area contributed by atoms with Crippen molar-refractivity contribution < 1.29 is 0 Å². The molecular formula is C58H42N2Si. The molecule has 0 atom stereocenters. The normalized spacial score (nSPS) is 12.4. The van der Waals surface area contributed by atoms with Crippen molar-refractivity contribution in [1.82, 2.24) is 0 Å². The fraction of sp³-hybridized carbons (Fsp3) is 0. The monoisotopic (exact) mass is 794 g/mol. The Morgan fingerprint density at radius 2 is 0.525 bits per heavy atom. The molecule has 0 saturated carbocycles. The Hall–Kier alpha value is -7.72. The van der Waals surface area contributed by atoms with E-state index in [0.29, 0.717) is 0 Å². The van der Waals surface area contributed by atoms with Gasteiger partial charge in [0.15, 0.2) is 8.07 Å². The van der Waals surface area contributed by atoms with Crippen LogP contribution in [0.25, 0.3) is 33.0 Å². The van der Waals surface area contributed by atoms with Gasteiger partial charge in [-0.05, 0) is 139 Å². The molecule has 61 heavy (non-hydrogen) atoms. The van der Waals surface area contributed by atoms with Crippen molar-refractivity contribution in [3.8, 4) is 22.3 Å². The Bertz CT molecular complexity index is 2830. The fourth-order valence-electron chi connectivity index (χ4n) is 9.64. The number of hydrogen-bond donors (Lipinski definition) is 0. The third kappa shape index (κ3) is 6.26. The van der Waals surface area contributed by atoms with E-state index in [9.17, 15) is 0 Å². The number of anilines is 6. The summed E-state index contributed by atoms with van der Waals surface area (Å²) in [5.41, 5.74) is 11.7. The van der Waals surface area contributed by atoms with Crippen LogP contribution < -0.4 is 30.5 Å². The smallest absolute Gasteiger partial charge is 0.180 e. The van der Waals surface area contributed by atoms with Gasteiger partial charge in [0.05, 0.1) is 0 Å². The van der Waals surface area contributed by atoms with E-state index < -0.39 is 8.07 Å². The number of benzene rings is 10. The van der Waals surface area contributed by atoms with E-state index >= 15 is 0 Å². The third-order valence-electron chi connectivity index (χ3n) is 12.3. The summed E-state index contributed by atoms with van der Waals surface area (Å²) < 4.78 is 0. The molecule has 0 N–H and O–H groups in total. The lowest BCUT2D eigenvalue weighted by atomic mass is 9.91. The van der Waals surface area contributed by atoms with Crippen LogP contribution in [0.15, 0.2) is 255 Å². The second-order valence-electron chi connectivity index (χ2n) is 15.7. The second kappa shape index (κ2) is 15.5. The number of hydrogen-bond acceptors (Lipinski definition) is 2. The first-order valence-corrected chi connectivity index (χ1v) is 23.0. The van der Waals surface area contributed by atoms with E-state index in [1.807, 2.05) is 0 Å². The van der Waals surface area contributed by atoms with Crippen molar-refractivity contribution in [2.45, 2.75) is 0 Å². The number of rotatable bonds is 8. The third-order valence-corrected chi connectivity index (χ3v) is 17.2. The highest BCUT2D eigenvalue weighted by Crippen LogP contribution is 2.44. The zero-order chi connectivity index (χ0) is 40.6. The van der Waals surface area contributed by atoms with Crippen LogP contribution in [0.3, 0.4) is 0 Å². The lowest BCUT2D eigenvalue weighted by molar-refractivity contribution is 1.28. The highest BCUT2D eigenvalue weighted by molar-refractivity contribution is 7.21. The molecule has 0 aliphatic carbocycles. The Morgan fingerprint density at radius 1 is 0.230 bits per heavy atom. The van der Waals surface area contributed by atoms with Crippen LogP contribution in [0.2, 0.25) is 0 Å². The summed E-state index contributed by atoms with van der Waals surface area (Å²) in [5.74, 6) is 0. The molecule has 288 valence electrons. The maximum absolute atomic E-state index is 3.07. The predicted octanol–water partition coefficient (Wildman–Crippen LogP) is 12.8. The quantitative estimate of drug-likeness (QED) is 0.141. The van der Waals surface area contributed by atoms with Crippen LogP contribution in [-0.2, 0) is 0 Å². The minimum atomic E-state index is -3.07. The minimum absolute atomic E-state index is 1.12. The minimum Gasteiger partial charge on any atom is -0.310 e. The van der Waals surface area contributed by atoms with Gasteiger partial charge >= 0.3 is 0 Å². The van der Waals surface area contributed by atoms with E-state index in [0.717, 1.165) is 34.1 Å². The average molecular weight is 795 g/mol. The molecule has 10 aromatic carbocycles. The SMILES string of the molecule is c1ccc(N(c2ccccc2)c2ccc3c(c2)-c2cc4ccccc4cc2-c2cc(N(c4ccccc4)c4ccccc4)ccc2[Si]3(c2ccccc2)c2ccccc2)cc1. The summed E-state index contributed by atoms with van der Waals surface area (Å²) in [4.78, 5) is 4.78. The molecule has 0 bridgehead atoms. The van der Waals surface area contributed by atoms with E-state index in [-0.39, 0.29) is 0 Å². The molecule has 0 aromatic heterocycles. The van der Waals surface area contributed by atoms with Crippen LogP contribution in [0.5, 0.6) is 0 Å². The second-order valence-corrected chi connectivity index (χ2v) is 19.4.